The Morgan fingerprint density at radius 2 is 1.74 bits per heavy atom. The van der Waals surface area contributed by atoms with E-state index in [2.05, 4.69) is 31.9 Å². The minimum absolute atomic E-state index is 0.00987. The molecule has 1 saturated heterocycles. The lowest BCUT2D eigenvalue weighted by molar-refractivity contribution is -0.127. The molecule has 1 aliphatic heterocycles. The predicted molar refractivity (Wildman–Crippen MR) is 145 cm³/mol. The molecule has 3 N–H and O–H groups in total. The van der Waals surface area contributed by atoms with E-state index < -0.39 is 36.1 Å². The van der Waals surface area contributed by atoms with Crippen molar-refractivity contribution in [3.8, 4) is 11.5 Å². The molecule has 39 heavy (non-hydrogen) atoms. The third-order valence-corrected chi connectivity index (χ3v) is 6.02. The Bertz CT molecular complexity index is 1460. The van der Waals surface area contributed by atoms with Gasteiger partial charge in [0.05, 0.1) is 17.3 Å². The molecule has 0 aromatic heterocycles. The maximum atomic E-state index is 13.0. The molecule has 3 aromatic rings. The van der Waals surface area contributed by atoms with Crippen LogP contribution in [-0.2, 0) is 14.4 Å². The minimum atomic E-state index is -0.729. The Labute approximate surface area is 230 Å². The van der Waals surface area contributed by atoms with E-state index in [1.807, 2.05) is 0 Å². The molecule has 3 aromatic carbocycles. The van der Waals surface area contributed by atoms with Crippen molar-refractivity contribution in [2.75, 3.05) is 30.9 Å². The number of rotatable bonds is 9. The minimum Gasteiger partial charge on any atom is -0.495 e. The molecule has 1 aliphatic rings. The molecule has 0 bridgehead atoms. The van der Waals surface area contributed by atoms with Crippen LogP contribution in [0.4, 0.5) is 20.6 Å². The normalized spacial score (nSPS) is 13.7. The Morgan fingerprint density at radius 3 is 2.46 bits per heavy atom. The van der Waals surface area contributed by atoms with Crippen molar-refractivity contribution < 1.29 is 33.0 Å². The fourth-order valence-corrected chi connectivity index (χ4v) is 4.07. The summed E-state index contributed by atoms with van der Waals surface area (Å²) in [5, 5.41) is 7.68. The van der Waals surface area contributed by atoms with Gasteiger partial charge in [-0.25, -0.2) is 14.1 Å². The number of carbonyl (C=O) groups is 4. The van der Waals surface area contributed by atoms with E-state index in [0.29, 0.717) is 32.9 Å². The Balaban J connectivity index is 1.35. The van der Waals surface area contributed by atoms with Gasteiger partial charge in [-0.2, -0.15) is 0 Å². The number of amides is 5. The SMILES string of the molecule is COc1ccccc1NC(=O)CN1C(=O)N/C(=C/c2ccc(OCC(=O)Nc3ccc(F)cc3)c(Br)c2)C1=O. The zero-order valence-electron chi connectivity index (χ0n) is 20.5. The first-order valence-corrected chi connectivity index (χ1v) is 12.3. The van der Waals surface area contributed by atoms with Gasteiger partial charge in [0.1, 0.15) is 29.6 Å². The fourth-order valence-electron chi connectivity index (χ4n) is 3.56. The number of halogens is 2. The number of benzene rings is 3. The molecule has 1 heterocycles. The first kappa shape index (κ1) is 27.3. The van der Waals surface area contributed by atoms with Crippen molar-refractivity contribution in [2.45, 2.75) is 0 Å². The molecular weight excluding hydrogens is 575 g/mol. The van der Waals surface area contributed by atoms with Crippen LogP contribution in [0, 0.1) is 5.82 Å². The molecule has 1 fully saturated rings. The van der Waals surface area contributed by atoms with E-state index in [4.69, 9.17) is 9.47 Å². The van der Waals surface area contributed by atoms with Gasteiger partial charge in [0, 0.05) is 5.69 Å². The lowest BCUT2D eigenvalue weighted by Gasteiger charge is -2.13. The zero-order chi connectivity index (χ0) is 27.9. The lowest BCUT2D eigenvalue weighted by Crippen LogP contribution is -2.38. The number of imide groups is 1. The first-order valence-electron chi connectivity index (χ1n) is 11.5. The molecule has 0 unspecified atom stereocenters. The van der Waals surface area contributed by atoms with Crippen molar-refractivity contribution in [3.05, 3.63) is 88.3 Å². The summed E-state index contributed by atoms with van der Waals surface area (Å²) in [6, 6.07) is 16.2. The van der Waals surface area contributed by atoms with E-state index in [0.717, 1.165) is 4.90 Å². The zero-order valence-corrected chi connectivity index (χ0v) is 22.1. The highest BCUT2D eigenvalue weighted by Crippen LogP contribution is 2.28. The van der Waals surface area contributed by atoms with Crippen LogP contribution >= 0.6 is 15.9 Å². The van der Waals surface area contributed by atoms with Crippen molar-refractivity contribution in [1.82, 2.24) is 10.2 Å². The molecule has 200 valence electrons. The molecule has 12 heteroatoms. The molecule has 0 spiro atoms. The second-order valence-corrected chi connectivity index (χ2v) is 9.02. The van der Waals surface area contributed by atoms with Gasteiger partial charge in [-0.1, -0.05) is 18.2 Å². The van der Waals surface area contributed by atoms with Crippen LogP contribution in [0.3, 0.4) is 0 Å². The number of hydrogen-bond acceptors (Lipinski definition) is 6. The first-order chi connectivity index (χ1) is 18.7. The lowest BCUT2D eigenvalue weighted by atomic mass is 10.2. The summed E-state index contributed by atoms with van der Waals surface area (Å²) >= 11 is 3.36. The molecule has 5 amide bonds. The van der Waals surface area contributed by atoms with Crippen LogP contribution in [0.15, 0.2) is 76.9 Å². The van der Waals surface area contributed by atoms with Crippen LogP contribution < -0.4 is 25.4 Å². The topological polar surface area (TPSA) is 126 Å². The maximum absolute atomic E-state index is 13.0. The van der Waals surface area contributed by atoms with Crippen molar-refractivity contribution >= 4 is 57.1 Å². The molecule has 0 aliphatic carbocycles. The molecule has 4 rings (SSSR count). The van der Waals surface area contributed by atoms with Crippen LogP contribution in [-0.4, -0.2) is 48.9 Å². The van der Waals surface area contributed by atoms with Gasteiger partial charge in [-0.05, 0) is 76.1 Å². The molecular formula is C27H22BrFN4O6. The number of urea groups is 1. The highest BCUT2D eigenvalue weighted by Gasteiger charge is 2.35. The summed E-state index contributed by atoms with van der Waals surface area (Å²) in [7, 11) is 1.46. The molecule has 0 atom stereocenters. The summed E-state index contributed by atoms with van der Waals surface area (Å²) in [6.07, 6.45) is 1.45. The van der Waals surface area contributed by atoms with E-state index in [1.54, 1.807) is 42.5 Å². The number of carbonyl (C=O) groups excluding carboxylic acids is 4. The Kier molecular flexibility index (Phi) is 8.56. The van der Waals surface area contributed by atoms with Crippen LogP contribution in [0.25, 0.3) is 6.08 Å². The highest BCUT2D eigenvalue weighted by molar-refractivity contribution is 9.10. The number of ether oxygens (including phenoxy) is 2. The van der Waals surface area contributed by atoms with E-state index in [9.17, 15) is 23.6 Å². The van der Waals surface area contributed by atoms with Crippen LogP contribution in [0.1, 0.15) is 5.56 Å². The van der Waals surface area contributed by atoms with E-state index in [-0.39, 0.29) is 12.3 Å². The van der Waals surface area contributed by atoms with Crippen LogP contribution in [0.5, 0.6) is 11.5 Å². The third-order valence-electron chi connectivity index (χ3n) is 5.40. The van der Waals surface area contributed by atoms with Gasteiger partial charge in [0.25, 0.3) is 11.8 Å². The number of anilines is 2. The monoisotopic (exact) mass is 596 g/mol. The number of nitrogens with zero attached hydrogens (tertiary/aromatic N) is 1. The Morgan fingerprint density at radius 1 is 1.00 bits per heavy atom. The van der Waals surface area contributed by atoms with Gasteiger partial charge in [-0.15, -0.1) is 0 Å². The number of nitrogens with one attached hydrogen (secondary N) is 3. The Hall–Kier alpha value is -4.71. The average Bonchev–Trinajstić information content (AvgIpc) is 3.17. The summed E-state index contributed by atoms with van der Waals surface area (Å²) in [6.45, 7) is -0.784. The molecule has 0 saturated carbocycles. The summed E-state index contributed by atoms with van der Waals surface area (Å²) in [5.74, 6) is -1.28. The van der Waals surface area contributed by atoms with E-state index >= 15 is 0 Å². The quantitative estimate of drug-likeness (QED) is 0.252. The standard InChI is InChI=1S/C27H22BrFN4O6/c1-38-23-5-3-2-4-20(23)31-24(34)14-33-26(36)21(32-27(33)37)13-16-6-11-22(19(28)12-16)39-15-25(35)30-18-9-7-17(29)8-10-18/h2-13H,14-15H2,1H3,(H,30,35)(H,31,34)(H,32,37)/b21-13+. The highest BCUT2D eigenvalue weighted by atomic mass is 79.9. The summed E-state index contributed by atoms with van der Waals surface area (Å²) in [4.78, 5) is 50.6. The number of hydrogen-bond donors (Lipinski definition) is 3. The average molecular weight is 597 g/mol. The number of methoxy groups -OCH3 is 1. The third kappa shape index (κ3) is 6.99. The van der Waals surface area contributed by atoms with Crippen molar-refractivity contribution in [2.24, 2.45) is 0 Å². The molecule has 0 radical (unpaired) electrons. The van der Waals surface area contributed by atoms with Gasteiger partial charge in [0.2, 0.25) is 5.91 Å². The van der Waals surface area contributed by atoms with E-state index in [1.165, 1.54) is 37.5 Å². The van der Waals surface area contributed by atoms with Gasteiger partial charge in [-0.3, -0.25) is 14.4 Å². The van der Waals surface area contributed by atoms with Crippen molar-refractivity contribution in [3.63, 3.8) is 0 Å². The predicted octanol–water partition coefficient (Wildman–Crippen LogP) is 4.15. The second-order valence-electron chi connectivity index (χ2n) is 8.16. The molecule has 10 nitrogen and oxygen atoms in total. The maximum Gasteiger partial charge on any atom is 0.329 e. The van der Waals surface area contributed by atoms with Gasteiger partial charge in [0.15, 0.2) is 6.61 Å². The van der Waals surface area contributed by atoms with Crippen molar-refractivity contribution in [1.29, 1.82) is 0 Å². The van der Waals surface area contributed by atoms with Gasteiger partial charge >= 0.3 is 6.03 Å². The smallest absolute Gasteiger partial charge is 0.329 e. The van der Waals surface area contributed by atoms with Crippen LogP contribution in [0.2, 0.25) is 0 Å². The second kappa shape index (κ2) is 12.2. The van der Waals surface area contributed by atoms with Gasteiger partial charge < -0.3 is 25.4 Å². The fraction of sp³-hybridized carbons (Fsp3) is 0.111. The summed E-state index contributed by atoms with van der Waals surface area (Å²) in [5.41, 5.74) is 1.38. The largest absolute Gasteiger partial charge is 0.495 e. The number of para-hydroxylation sites is 2. The summed E-state index contributed by atoms with van der Waals surface area (Å²) < 4.78 is 24.2.